The van der Waals surface area contributed by atoms with Crippen molar-refractivity contribution >= 4 is 5.78 Å². The van der Waals surface area contributed by atoms with Crippen LogP contribution < -0.4 is 0 Å². The van der Waals surface area contributed by atoms with E-state index in [1.54, 1.807) is 7.05 Å². The van der Waals surface area contributed by atoms with Gasteiger partial charge in [0.1, 0.15) is 5.78 Å². The van der Waals surface area contributed by atoms with E-state index >= 15 is 0 Å². The van der Waals surface area contributed by atoms with Gasteiger partial charge in [0.15, 0.2) is 5.82 Å². The molecule has 0 saturated carbocycles. The van der Waals surface area contributed by atoms with Crippen molar-refractivity contribution < 1.29 is 4.79 Å². The monoisotopic (exact) mass is 348 g/mol. The van der Waals surface area contributed by atoms with Crippen LogP contribution in [0.2, 0.25) is 0 Å². The molecule has 0 aliphatic heterocycles. The van der Waals surface area contributed by atoms with Crippen molar-refractivity contribution in [2.45, 2.75) is 38.5 Å². The molecule has 0 fully saturated rings. The number of carbonyl (C=O) groups is 1. The van der Waals surface area contributed by atoms with Crippen molar-refractivity contribution in [3.63, 3.8) is 0 Å². The molecular weight excluding hydrogens is 324 g/mol. The van der Waals surface area contributed by atoms with Crippen molar-refractivity contribution in [3.8, 4) is 0 Å². The van der Waals surface area contributed by atoms with Crippen LogP contribution in [0.25, 0.3) is 0 Å². The topological polar surface area (TPSA) is 60.7 Å². The summed E-state index contributed by atoms with van der Waals surface area (Å²) in [6.45, 7) is 4.33. The maximum Gasteiger partial charge on any atom is 0.182 e. The lowest BCUT2D eigenvalue weighted by molar-refractivity contribution is -0.118. The molecule has 5 nitrogen and oxygen atoms in total. The van der Waals surface area contributed by atoms with E-state index in [-0.39, 0.29) is 11.7 Å². The van der Waals surface area contributed by atoms with Gasteiger partial charge in [-0.2, -0.15) is 4.80 Å². The molecule has 1 aromatic heterocycles. The average molecular weight is 348 g/mol. The Morgan fingerprint density at radius 1 is 1.00 bits per heavy atom. The Labute approximate surface area is 154 Å². The molecule has 1 heterocycles. The first-order valence-corrected chi connectivity index (χ1v) is 8.92. The Balaban J connectivity index is 1.75. The number of tetrazole rings is 1. The van der Waals surface area contributed by atoms with E-state index in [1.807, 2.05) is 42.5 Å². The highest BCUT2D eigenvalue weighted by molar-refractivity contribution is 5.82. The lowest BCUT2D eigenvalue weighted by atomic mass is 9.91. The van der Waals surface area contributed by atoms with E-state index in [9.17, 15) is 4.79 Å². The Hall–Kier alpha value is -2.82. The number of Topliss-reactive ketones (excluding diaryl/α,β-unsaturated/α-hetero) is 1. The van der Waals surface area contributed by atoms with Gasteiger partial charge < -0.3 is 0 Å². The maximum absolute atomic E-state index is 12.7. The molecule has 134 valence electrons. The smallest absolute Gasteiger partial charge is 0.182 e. The molecule has 0 aliphatic rings. The minimum atomic E-state index is -0.174. The molecule has 0 aliphatic carbocycles. The number of aryl methyl sites for hydroxylation is 1. The van der Waals surface area contributed by atoms with Crippen molar-refractivity contribution in [1.82, 2.24) is 20.2 Å². The van der Waals surface area contributed by atoms with Crippen LogP contribution in [0.3, 0.4) is 0 Å². The van der Waals surface area contributed by atoms with Crippen molar-refractivity contribution in [1.29, 1.82) is 0 Å². The van der Waals surface area contributed by atoms with Gasteiger partial charge in [-0.3, -0.25) is 4.79 Å². The minimum Gasteiger partial charge on any atom is -0.299 e. The molecule has 0 N–H and O–H groups in total. The van der Waals surface area contributed by atoms with Crippen LogP contribution in [-0.4, -0.2) is 26.0 Å². The predicted octanol–water partition coefficient (Wildman–Crippen LogP) is 3.67. The minimum absolute atomic E-state index is 0.170. The first-order valence-electron chi connectivity index (χ1n) is 8.92. The molecule has 2 aromatic carbocycles. The summed E-state index contributed by atoms with van der Waals surface area (Å²) in [5.74, 6) is 1.07. The standard InChI is InChI=1S/C21H24N4O/c1-15(2)17-11-9-16(10-12-17)13-19(26)14-20(18-7-5-4-6-8-18)21-22-24-25(3)23-21/h4-12,15,20H,13-14H2,1-3H3. The zero-order chi connectivity index (χ0) is 18.5. The molecule has 0 spiro atoms. The van der Waals surface area contributed by atoms with Gasteiger partial charge >= 0.3 is 0 Å². The molecule has 0 saturated heterocycles. The van der Waals surface area contributed by atoms with Gasteiger partial charge in [-0.05, 0) is 27.8 Å². The zero-order valence-electron chi connectivity index (χ0n) is 15.5. The van der Waals surface area contributed by atoms with Crippen LogP contribution in [0.4, 0.5) is 0 Å². The largest absolute Gasteiger partial charge is 0.299 e. The summed E-state index contributed by atoms with van der Waals surface area (Å²) < 4.78 is 0. The third kappa shape index (κ3) is 4.42. The molecule has 0 amide bonds. The Bertz CT molecular complexity index is 853. The van der Waals surface area contributed by atoms with Crippen molar-refractivity contribution in [3.05, 3.63) is 77.1 Å². The highest BCUT2D eigenvalue weighted by atomic mass is 16.1. The quantitative estimate of drug-likeness (QED) is 0.654. The van der Waals surface area contributed by atoms with Crippen LogP contribution in [0.15, 0.2) is 54.6 Å². The van der Waals surface area contributed by atoms with Crippen LogP contribution in [0.5, 0.6) is 0 Å². The lowest BCUT2D eigenvalue weighted by Gasteiger charge is -2.13. The molecule has 26 heavy (non-hydrogen) atoms. The third-order valence-electron chi connectivity index (χ3n) is 4.52. The SMILES string of the molecule is CC(C)c1ccc(CC(=O)CC(c2ccccc2)c2nnn(C)n2)cc1. The summed E-state index contributed by atoms with van der Waals surface area (Å²) in [6.07, 6.45) is 0.781. The number of ketones is 1. The number of nitrogens with zero attached hydrogens (tertiary/aromatic N) is 4. The summed E-state index contributed by atoms with van der Waals surface area (Å²) in [7, 11) is 1.73. The van der Waals surface area contributed by atoms with E-state index in [2.05, 4.69) is 41.4 Å². The number of carbonyl (C=O) groups excluding carboxylic acids is 1. The molecule has 0 radical (unpaired) electrons. The highest BCUT2D eigenvalue weighted by Gasteiger charge is 2.22. The lowest BCUT2D eigenvalue weighted by Crippen LogP contribution is -2.12. The van der Waals surface area contributed by atoms with Gasteiger partial charge in [0.2, 0.25) is 0 Å². The van der Waals surface area contributed by atoms with Crippen LogP contribution in [0, 0.1) is 0 Å². The maximum atomic E-state index is 12.7. The number of benzene rings is 2. The van der Waals surface area contributed by atoms with Crippen molar-refractivity contribution in [2.75, 3.05) is 0 Å². The van der Waals surface area contributed by atoms with Crippen LogP contribution >= 0.6 is 0 Å². The van der Waals surface area contributed by atoms with E-state index in [4.69, 9.17) is 0 Å². The van der Waals surface area contributed by atoms with Gasteiger partial charge in [0, 0.05) is 12.8 Å². The van der Waals surface area contributed by atoms with E-state index < -0.39 is 0 Å². The second-order valence-electron chi connectivity index (χ2n) is 6.92. The first-order chi connectivity index (χ1) is 12.5. The summed E-state index contributed by atoms with van der Waals surface area (Å²) in [5, 5.41) is 12.4. The van der Waals surface area contributed by atoms with Crippen LogP contribution in [-0.2, 0) is 18.3 Å². The van der Waals surface area contributed by atoms with E-state index in [0.717, 1.165) is 11.1 Å². The fourth-order valence-corrected chi connectivity index (χ4v) is 3.03. The van der Waals surface area contributed by atoms with Gasteiger partial charge in [0.05, 0.1) is 13.0 Å². The first kappa shape index (κ1) is 18.0. The fraction of sp³-hybridized carbons (Fsp3) is 0.333. The summed E-state index contributed by atoms with van der Waals surface area (Å²) in [6, 6.07) is 18.2. The van der Waals surface area contributed by atoms with Crippen molar-refractivity contribution in [2.24, 2.45) is 7.05 Å². The van der Waals surface area contributed by atoms with Gasteiger partial charge in [-0.15, -0.1) is 10.2 Å². The zero-order valence-corrected chi connectivity index (χ0v) is 15.5. The second-order valence-corrected chi connectivity index (χ2v) is 6.92. The highest BCUT2D eigenvalue weighted by Crippen LogP contribution is 2.26. The Morgan fingerprint density at radius 3 is 2.27 bits per heavy atom. The normalized spacial score (nSPS) is 12.3. The fourth-order valence-electron chi connectivity index (χ4n) is 3.03. The van der Waals surface area contributed by atoms with Gasteiger partial charge in [-0.1, -0.05) is 68.4 Å². The molecule has 1 atom stereocenters. The third-order valence-corrected chi connectivity index (χ3v) is 4.52. The predicted molar refractivity (Wildman–Crippen MR) is 101 cm³/mol. The number of hydrogen-bond donors (Lipinski definition) is 0. The Morgan fingerprint density at radius 2 is 1.69 bits per heavy atom. The van der Waals surface area contributed by atoms with Gasteiger partial charge in [0.25, 0.3) is 0 Å². The summed E-state index contributed by atoms with van der Waals surface area (Å²) in [5.41, 5.74) is 3.36. The van der Waals surface area contributed by atoms with E-state index in [0.29, 0.717) is 24.6 Å². The number of aromatic nitrogens is 4. The molecule has 1 unspecified atom stereocenters. The second kappa shape index (κ2) is 8.04. The molecule has 3 rings (SSSR count). The molecule has 0 bridgehead atoms. The molecule has 5 heteroatoms. The summed E-state index contributed by atoms with van der Waals surface area (Å²) >= 11 is 0. The molecular formula is C21H24N4O. The average Bonchev–Trinajstić information content (AvgIpc) is 3.07. The van der Waals surface area contributed by atoms with Gasteiger partial charge in [-0.25, -0.2) is 0 Å². The Kier molecular flexibility index (Phi) is 5.56. The van der Waals surface area contributed by atoms with Crippen LogP contribution in [0.1, 0.15) is 54.6 Å². The van der Waals surface area contributed by atoms with E-state index in [1.165, 1.54) is 10.4 Å². The number of hydrogen-bond acceptors (Lipinski definition) is 4. The summed E-state index contributed by atoms with van der Waals surface area (Å²) in [4.78, 5) is 14.1. The molecule has 3 aromatic rings. The number of rotatable bonds is 7.